The molecule has 0 saturated carbocycles. The molecule has 3 atom stereocenters. The minimum Gasteiger partial charge on any atom is -0.480 e. The molecule has 1 heterocycles. The number of hydrogen-bond acceptors (Lipinski definition) is 3. The van der Waals surface area contributed by atoms with Crippen LogP contribution < -0.4 is 0 Å². The first-order chi connectivity index (χ1) is 9.28. The molecule has 0 radical (unpaired) electrons. The summed E-state index contributed by atoms with van der Waals surface area (Å²) in [6, 6.07) is -1.20. The molecule has 0 aromatic carbocycles. The Morgan fingerprint density at radius 1 is 1.05 bits per heavy atom. The molecule has 1 aliphatic rings. The van der Waals surface area contributed by atoms with Crippen LogP contribution in [0.5, 0.6) is 0 Å². The lowest BCUT2D eigenvalue weighted by molar-refractivity contribution is -0.159. The van der Waals surface area contributed by atoms with E-state index in [1.807, 2.05) is 41.5 Å². The van der Waals surface area contributed by atoms with E-state index in [0.29, 0.717) is 0 Å². The molecule has 0 bridgehead atoms. The fourth-order valence-corrected chi connectivity index (χ4v) is 3.41. The van der Waals surface area contributed by atoms with Crippen molar-refractivity contribution in [3.63, 3.8) is 0 Å². The summed E-state index contributed by atoms with van der Waals surface area (Å²) < 4.78 is 0. The predicted molar refractivity (Wildman–Crippen MR) is 77.1 cm³/mol. The smallest absolute Gasteiger partial charge is 0.408 e. The van der Waals surface area contributed by atoms with E-state index in [-0.39, 0.29) is 12.3 Å². The number of carboxylic acids is 1. The summed E-state index contributed by atoms with van der Waals surface area (Å²) in [7, 11) is 0. The summed E-state index contributed by atoms with van der Waals surface area (Å²) >= 11 is 0. The second-order valence-corrected chi connectivity index (χ2v) is 7.90. The SMILES string of the molecule is CC(C)(C)C1C(=O)CN(C(=O)O)C(C(=O)O)C1C(C)(C)C. The van der Waals surface area contributed by atoms with E-state index in [0.717, 1.165) is 4.90 Å². The average molecular weight is 299 g/mol. The summed E-state index contributed by atoms with van der Waals surface area (Å²) in [6.45, 7) is 10.9. The minimum absolute atomic E-state index is 0.206. The van der Waals surface area contributed by atoms with Gasteiger partial charge < -0.3 is 10.2 Å². The van der Waals surface area contributed by atoms with Crippen molar-refractivity contribution in [3.8, 4) is 0 Å². The normalized spacial score (nSPS) is 27.6. The van der Waals surface area contributed by atoms with Gasteiger partial charge in [0.1, 0.15) is 6.04 Å². The van der Waals surface area contributed by atoms with E-state index in [1.54, 1.807) is 0 Å². The maximum Gasteiger partial charge on any atom is 0.408 e. The number of carbonyl (C=O) groups is 3. The van der Waals surface area contributed by atoms with Crippen molar-refractivity contribution in [2.24, 2.45) is 22.7 Å². The average Bonchev–Trinajstić information content (AvgIpc) is 2.23. The third kappa shape index (κ3) is 3.36. The molecule has 0 aromatic heterocycles. The minimum atomic E-state index is -1.36. The molecule has 0 aliphatic carbocycles. The van der Waals surface area contributed by atoms with Crippen LogP contribution in [-0.4, -0.2) is 45.5 Å². The molecule has 1 aliphatic heterocycles. The summed E-state index contributed by atoms with van der Waals surface area (Å²) in [5.74, 6) is -2.47. The van der Waals surface area contributed by atoms with Crippen LogP contribution in [0.2, 0.25) is 0 Å². The van der Waals surface area contributed by atoms with Crippen LogP contribution in [-0.2, 0) is 9.59 Å². The number of nitrogens with zero attached hydrogens (tertiary/aromatic N) is 1. The maximum atomic E-state index is 12.5. The van der Waals surface area contributed by atoms with Gasteiger partial charge in [0.05, 0.1) is 6.54 Å². The van der Waals surface area contributed by atoms with Gasteiger partial charge in [0.15, 0.2) is 5.78 Å². The van der Waals surface area contributed by atoms with Gasteiger partial charge in [-0.05, 0) is 10.8 Å². The van der Waals surface area contributed by atoms with Crippen LogP contribution in [0.3, 0.4) is 0 Å². The lowest BCUT2D eigenvalue weighted by Crippen LogP contribution is -2.63. The van der Waals surface area contributed by atoms with Gasteiger partial charge in [-0.1, -0.05) is 41.5 Å². The van der Waals surface area contributed by atoms with E-state index >= 15 is 0 Å². The summed E-state index contributed by atoms with van der Waals surface area (Å²) in [5.41, 5.74) is -0.932. The number of ketones is 1. The van der Waals surface area contributed by atoms with Crippen molar-refractivity contribution in [1.29, 1.82) is 0 Å². The predicted octanol–water partition coefficient (Wildman–Crippen LogP) is 2.33. The van der Waals surface area contributed by atoms with Gasteiger partial charge in [0.25, 0.3) is 0 Å². The van der Waals surface area contributed by atoms with Crippen LogP contribution >= 0.6 is 0 Å². The zero-order valence-corrected chi connectivity index (χ0v) is 13.5. The topological polar surface area (TPSA) is 94.9 Å². The van der Waals surface area contributed by atoms with Crippen LogP contribution in [0.1, 0.15) is 41.5 Å². The molecule has 1 saturated heterocycles. The van der Waals surface area contributed by atoms with E-state index < -0.39 is 40.8 Å². The Morgan fingerprint density at radius 2 is 1.52 bits per heavy atom. The highest BCUT2D eigenvalue weighted by Crippen LogP contribution is 2.47. The van der Waals surface area contributed by atoms with Crippen LogP contribution in [0, 0.1) is 22.7 Å². The fourth-order valence-electron chi connectivity index (χ4n) is 3.41. The van der Waals surface area contributed by atoms with E-state index in [4.69, 9.17) is 0 Å². The monoisotopic (exact) mass is 299 g/mol. The Hall–Kier alpha value is -1.59. The molecule has 1 fully saturated rings. The molecule has 1 amide bonds. The molecule has 2 N–H and O–H groups in total. The third-order valence-corrected chi connectivity index (χ3v) is 4.14. The molecule has 0 spiro atoms. The highest BCUT2D eigenvalue weighted by Gasteiger charge is 2.55. The first-order valence-electron chi connectivity index (χ1n) is 7.03. The van der Waals surface area contributed by atoms with E-state index in [1.165, 1.54) is 0 Å². The molecule has 6 nitrogen and oxygen atoms in total. The number of aliphatic carboxylic acids is 1. The second-order valence-electron chi connectivity index (χ2n) is 7.90. The quantitative estimate of drug-likeness (QED) is 0.774. The van der Waals surface area contributed by atoms with Crippen molar-refractivity contribution >= 4 is 17.8 Å². The highest BCUT2D eigenvalue weighted by molar-refractivity contribution is 5.92. The Kier molecular flexibility index (Phi) is 4.42. The van der Waals surface area contributed by atoms with Crippen LogP contribution in [0.4, 0.5) is 4.79 Å². The first kappa shape index (κ1) is 17.5. The molecular weight excluding hydrogens is 274 g/mol. The number of carbonyl (C=O) groups excluding carboxylic acids is 1. The van der Waals surface area contributed by atoms with Crippen molar-refractivity contribution in [3.05, 3.63) is 0 Å². The number of amides is 1. The standard InChI is InChI=1S/C15H25NO5/c1-14(2,3)9-8(17)7-16(13(20)21)11(12(18)19)10(9)15(4,5)6/h9-11H,7H2,1-6H3,(H,18,19)(H,20,21). The van der Waals surface area contributed by atoms with Crippen molar-refractivity contribution in [2.75, 3.05) is 6.54 Å². The van der Waals surface area contributed by atoms with Crippen LogP contribution in [0.25, 0.3) is 0 Å². The highest BCUT2D eigenvalue weighted by atomic mass is 16.4. The number of rotatable bonds is 1. The third-order valence-electron chi connectivity index (χ3n) is 4.14. The summed E-state index contributed by atoms with van der Waals surface area (Å²) in [5, 5.41) is 18.8. The molecular formula is C15H25NO5. The number of likely N-dealkylation sites (tertiary alicyclic amines) is 1. The number of hydrogen-bond donors (Lipinski definition) is 2. The van der Waals surface area contributed by atoms with E-state index in [2.05, 4.69) is 0 Å². The van der Waals surface area contributed by atoms with Gasteiger partial charge in [-0.3, -0.25) is 9.69 Å². The summed E-state index contributed by atoms with van der Waals surface area (Å²) in [4.78, 5) is 36.3. The zero-order valence-electron chi connectivity index (χ0n) is 13.5. The Labute approximate surface area is 125 Å². The molecule has 0 aromatic rings. The molecule has 21 heavy (non-hydrogen) atoms. The maximum absolute atomic E-state index is 12.5. The lowest BCUT2D eigenvalue weighted by Gasteiger charge is -2.51. The van der Waals surface area contributed by atoms with Crippen molar-refractivity contribution < 1.29 is 24.6 Å². The largest absolute Gasteiger partial charge is 0.480 e. The first-order valence-corrected chi connectivity index (χ1v) is 7.03. The molecule has 3 unspecified atom stereocenters. The molecule has 120 valence electrons. The zero-order chi connectivity index (χ0) is 16.7. The fraction of sp³-hybridized carbons (Fsp3) is 0.800. The van der Waals surface area contributed by atoms with Gasteiger partial charge in [-0.25, -0.2) is 9.59 Å². The van der Waals surface area contributed by atoms with E-state index in [9.17, 15) is 24.6 Å². The number of piperidine rings is 1. The Bertz CT molecular complexity index is 458. The Morgan fingerprint density at radius 3 is 1.81 bits per heavy atom. The van der Waals surface area contributed by atoms with Crippen molar-refractivity contribution in [1.82, 2.24) is 4.90 Å². The van der Waals surface area contributed by atoms with Gasteiger partial charge >= 0.3 is 12.1 Å². The Balaban J connectivity index is 3.47. The van der Waals surface area contributed by atoms with Gasteiger partial charge in [-0.15, -0.1) is 0 Å². The van der Waals surface area contributed by atoms with Gasteiger partial charge in [0, 0.05) is 11.8 Å². The van der Waals surface area contributed by atoms with Crippen molar-refractivity contribution in [2.45, 2.75) is 47.6 Å². The number of carboxylic acid groups (broad SMARTS) is 2. The molecule has 1 rings (SSSR count). The second kappa shape index (κ2) is 5.31. The number of Topliss-reactive ketones (excluding diaryl/α,β-unsaturated/α-hetero) is 1. The van der Waals surface area contributed by atoms with Gasteiger partial charge in [0.2, 0.25) is 0 Å². The lowest BCUT2D eigenvalue weighted by atomic mass is 9.58. The summed E-state index contributed by atoms with van der Waals surface area (Å²) in [6.07, 6.45) is -1.36. The molecule has 6 heteroatoms. The van der Waals surface area contributed by atoms with Crippen LogP contribution in [0.15, 0.2) is 0 Å². The van der Waals surface area contributed by atoms with Gasteiger partial charge in [-0.2, -0.15) is 0 Å².